The summed E-state index contributed by atoms with van der Waals surface area (Å²) < 4.78 is 25.0. The van der Waals surface area contributed by atoms with Gasteiger partial charge in [-0.1, -0.05) is 0 Å². The van der Waals surface area contributed by atoms with Crippen molar-refractivity contribution in [3.63, 3.8) is 0 Å². The summed E-state index contributed by atoms with van der Waals surface area (Å²) in [7, 11) is 0. The molecule has 0 aliphatic heterocycles. The summed E-state index contributed by atoms with van der Waals surface area (Å²) in [6.07, 6.45) is -2.61. The molecule has 0 N–H and O–H groups in total. The van der Waals surface area contributed by atoms with E-state index in [1.807, 2.05) is 0 Å². The van der Waals surface area contributed by atoms with Gasteiger partial charge in [0.05, 0.1) is 11.1 Å². The largest absolute Gasteiger partial charge is 0.302 e. The van der Waals surface area contributed by atoms with Crippen LogP contribution in [0.2, 0.25) is 0 Å². The predicted octanol–water partition coefficient (Wildman–Crippen LogP) is 2.18. The van der Waals surface area contributed by atoms with Crippen LogP contribution in [0.4, 0.5) is 14.5 Å². The number of nitrogens with zero attached hydrogens (tertiary/aromatic N) is 3. The normalized spacial score (nSPS) is 10.1. The maximum atomic E-state index is 12.5. The van der Waals surface area contributed by atoms with E-state index in [0.29, 0.717) is 6.20 Å². The van der Waals surface area contributed by atoms with E-state index in [4.69, 9.17) is 16.9 Å². The second kappa shape index (κ2) is 4.80. The number of hydrogen-bond donors (Lipinski definition) is 0. The van der Waals surface area contributed by atoms with Gasteiger partial charge in [0.25, 0.3) is 11.7 Å². The molecule has 0 saturated heterocycles. The Morgan fingerprint density at radius 3 is 2.59 bits per heavy atom. The number of rotatable bonds is 3. The first kappa shape index (κ1) is 12.9. The molecule has 0 amide bonds. The van der Waals surface area contributed by atoms with Gasteiger partial charge in [0.15, 0.2) is 0 Å². The van der Waals surface area contributed by atoms with Crippen LogP contribution in [0.25, 0.3) is 0 Å². The molecule has 0 spiro atoms. The first-order valence-electron chi connectivity index (χ1n) is 3.95. The number of halogens is 3. The lowest BCUT2D eigenvalue weighted by molar-refractivity contribution is -0.385. The van der Waals surface area contributed by atoms with Crippen molar-refractivity contribution in [3.05, 3.63) is 33.1 Å². The molecule has 1 rings (SSSR count). The van der Waals surface area contributed by atoms with Gasteiger partial charge in [-0.05, 0) is 11.6 Å². The molecule has 0 unspecified atom stereocenters. The number of nitro groups is 1. The molecule has 9 heteroatoms. The van der Waals surface area contributed by atoms with Crippen LogP contribution in [-0.2, 0) is 0 Å². The molecule has 0 saturated carbocycles. The number of hydrogen-bond acceptors (Lipinski definition) is 5. The fourth-order valence-electron chi connectivity index (χ4n) is 1.15. The molecule has 0 aromatic carbocycles. The van der Waals surface area contributed by atoms with Crippen LogP contribution in [0.3, 0.4) is 0 Å². The Labute approximate surface area is 97.6 Å². The van der Waals surface area contributed by atoms with Gasteiger partial charge in [-0.25, -0.2) is 8.78 Å². The summed E-state index contributed by atoms with van der Waals surface area (Å²) in [5.41, 5.74) is -3.83. The van der Waals surface area contributed by atoms with E-state index >= 15 is 0 Å². The van der Waals surface area contributed by atoms with E-state index in [9.17, 15) is 23.7 Å². The lowest BCUT2D eigenvalue weighted by Gasteiger charge is -2.05. The highest BCUT2D eigenvalue weighted by Gasteiger charge is 2.32. The van der Waals surface area contributed by atoms with Crippen LogP contribution in [0.15, 0.2) is 6.20 Å². The molecule has 1 aromatic heterocycles. The molecule has 6 nitrogen and oxygen atoms in total. The molecule has 0 bridgehead atoms. The van der Waals surface area contributed by atoms with Gasteiger partial charge < -0.3 is 0 Å². The van der Waals surface area contributed by atoms with Crippen LogP contribution < -0.4 is 0 Å². The quantitative estimate of drug-likeness (QED) is 0.472. The molecule has 0 radical (unpaired) electrons. The molecule has 1 aromatic rings. The third-order valence-corrected chi connectivity index (χ3v) is 1.98. The highest BCUT2D eigenvalue weighted by molar-refractivity contribution is 6.68. The minimum absolute atomic E-state index is 0.600. The summed E-state index contributed by atoms with van der Waals surface area (Å²) in [5.74, 6) is 0. The van der Waals surface area contributed by atoms with Crippen LogP contribution in [0, 0.1) is 21.4 Å². The van der Waals surface area contributed by atoms with Crippen LogP contribution >= 0.6 is 11.6 Å². The Morgan fingerprint density at radius 1 is 1.65 bits per heavy atom. The standard InChI is InChI=1S/C8H2ClF2N3O3/c9-7(15)4-5(8(10)11)13-2-3(1-12)6(4)14(16)17/h2,8H. The van der Waals surface area contributed by atoms with Gasteiger partial charge in [-0.15, -0.1) is 0 Å². The predicted molar refractivity (Wildman–Crippen MR) is 50.7 cm³/mol. The van der Waals surface area contributed by atoms with Crippen molar-refractivity contribution in [1.82, 2.24) is 4.98 Å². The highest BCUT2D eigenvalue weighted by atomic mass is 35.5. The molecular formula is C8H2ClF2N3O3. The SMILES string of the molecule is N#Cc1cnc(C(F)F)c(C(=O)Cl)c1[N+](=O)[O-]. The summed E-state index contributed by atoms with van der Waals surface area (Å²) in [6, 6.07) is 1.38. The number of carbonyl (C=O) groups excluding carboxylic acids is 1. The monoisotopic (exact) mass is 261 g/mol. The molecular weight excluding hydrogens is 260 g/mol. The van der Waals surface area contributed by atoms with E-state index < -0.39 is 39.1 Å². The van der Waals surface area contributed by atoms with E-state index in [-0.39, 0.29) is 0 Å². The van der Waals surface area contributed by atoms with E-state index in [0.717, 1.165) is 0 Å². The average molecular weight is 262 g/mol. The first-order valence-corrected chi connectivity index (χ1v) is 4.33. The molecule has 0 aliphatic carbocycles. The van der Waals surface area contributed by atoms with Crippen LogP contribution in [0.1, 0.15) is 28.0 Å². The fraction of sp³-hybridized carbons (Fsp3) is 0.125. The maximum Gasteiger partial charge on any atom is 0.302 e. The zero-order valence-electron chi connectivity index (χ0n) is 7.85. The number of nitriles is 1. The van der Waals surface area contributed by atoms with Crippen molar-refractivity contribution in [2.75, 3.05) is 0 Å². The molecule has 0 atom stereocenters. The minimum Gasteiger partial charge on any atom is -0.275 e. The van der Waals surface area contributed by atoms with Crippen molar-refractivity contribution in [1.29, 1.82) is 5.26 Å². The second-order valence-corrected chi connectivity index (χ2v) is 3.07. The van der Waals surface area contributed by atoms with Crippen molar-refractivity contribution in [3.8, 4) is 6.07 Å². The highest BCUT2D eigenvalue weighted by Crippen LogP contribution is 2.31. The van der Waals surface area contributed by atoms with Crippen molar-refractivity contribution in [2.24, 2.45) is 0 Å². The Balaban J connectivity index is 3.73. The van der Waals surface area contributed by atoms with Gasteiger partial charge in [0.2, 0.25) is 0 Å². The van der Waals surface area contributed by atoms with Gasteiger partial charge in [0, 0.05) is 0 Å². The summed E-state index contributed by atoms with van der Waals surface area (Å²) in [6.45, 7) is 0. The van der Waals surface area contributed by atoms with Crippen molar-refractivity contribution < 1.29 is 18.5 Å². The summed E-state index contributed by atoms with van der Waals surface area (Å²) >= 11 is 5.00. The van der Waals surface area contributed by atoms with E-state index in [1.54, 1.807) is 0 Å². The van der Waals surface area contributed by atoms with Crippen LogP contribution in [-0.4, -0.2) is 15.1 Å². The van der Waals surface area contributed by atoms with Gasteiger partial charge in [-0.3, -0.25) is 19.9 Å². The number of alkyl halides is 2. The maximum absolute atomic E-state index is 12.5. The fourth-order valence-corrected chi connectivity index (χ4v) is 1.33. The number of aromatic nitrogens is 1. The number of pyridine rings is 1. The summed E-state index contributed by atoms with van der Waals surface area (Å²) in [4.78, 5) is 23.6. The minimum atomic E-state index is -3.21. The lowest BCUT2D eigenvalue weighted by atomic mass is 10.1. The van der Waals surface area contributed by atoms with Crippen LogP contribution in [0.5, 0.6) is 0 Å². The molecule has 0 fully saturated rings. The van der Waals surface area contributed by atoms with E-state index in [2.05, 4.69) is 4.98 Å². The molecule has 88 valence electrons. The van der Waals surface area contributed by atoms with Crippen molar-refractivity contribution in [2.45, 2.75) is 6.43 Å². The lowest BCUT2D eigenvalue weighted by Crippen LogP contribution is -2.08. The third kappa shape index (κ3) is 2.34. The van der Waals surface area contributed by atoms with Crippen molar-refractivity contribution >= 4 is 22.5 Å². The summed E-state index contributed by atoms with van der Waals surface area (Å²) in [5, 5.41) is 17.8. The zero-order chi connectivity index (χ0) is 13.2. The average Bonchev–Trinajstić information content (AvgIpc) is 2.26. The van der Waals surface area contributed by atoms with Gasteiger partial charge in [-0.2, -0.15) is 5.26 Å². The zero-order valence-corrected chi connectivity index (χ0v) is 8.61. The second-order valence-electron chi connectivity index (χ2n) is 2.72. The Bertz CT molecular complexity index is 542. The molecule has 1 heterocycles. The molecule has 17 heavy (non-hydrogen) atoms. The Morgan fingerprint density at radius 2 is 2.24 bits per heavy atom. The number of carbonyl (C=O) groups is 1. The van der Waals surface area contributed by atoms with Gasteiger partial charge >= 0.3 is 5.69 Å². The Kier molecular flexibility index (Phi) is 3.65. The third-order valence-electron chi connectivity index (χ3n) is 1.79. The Hall–Kier alpha value is -2.14. The van der Waals surface area contributed by atoms with E-state index in [1.165, 1.54) is 6.07 Å². The smallest absolute Gasteiger partial charge is 0.275 e. The topological polar surface area (TPSA) is 96.9 Å². The van der Waals surface area contributed by atoms with Gasteiger partial charge in [0.1, 0.15) is 22.9 Å². The molecule has 0 aliphatic rings. The first-order chi connectivity index (χ1) is 7.90.